The van der Waals surface area contributed by atoms with Crippen LogP contribution in [0.3, 0.4) is 0 Å². The van der Waals surface area contributed by atoms with Gasteiger partial charge < -0.3 is 15.2 Å². The van der Waals surface area contributed by atoms with Crippen LogP contribution in [0.1, 0.15) is 25.0 Å². The first-order chi connectivity index (χ1) is 7.74. The van der Waals surface area contributed by atoms with Gasteiger partial charge in [-0.3, -0.25) is 4.79 Å². The van der Waals surface area contributed by atoms with E-state index in [9.17, 15) is 4.79 Å². The van der Waals surface area contributed by atoms with E-state index in [0.29, 0.717) is 23.9 Å². The second kappa shape index (κ2) is 5.12. The third kappa shape index (κ3) is 3.06. The molecule has 5 heteroatoms. The predicted molar refractivity (Wildman–Crippen MR) is 60.1 cm³/mol. The van der Waals surface area contributed by atoms with E-state index in [0.717, 1.165) is 25.9 Å². The lowest BCUT2D eigenvalue weighted by Crippen LogP contribution is -2.30. The van der Waals surface area contributed by atoms with E-state index in [-0.39, 0.29) is 5.91 Å². The summed E-state index contributed by atoms with van der Waals surface area (Å²) in [5, 5.41) is 9.76. The molecule has 2 N–H and O–H groups in total. The van der Waals surface area contributed by atoms with Gasteiger partial charge in [-0.15, -0.1) is 0 Å². The molecule has 1 aromatic heterocycles. The number of aromatic nitrogens is 1. The van der Waals surface area contributed by atoms with Crippen molar-refractivity contribution < 1.29 is 9.32 Å². The number of aryl methyl sites for hydroxylation is 1. The molecule has 1 fully saturated rings. The third-order valence-electron chi connectivity index (χ3n) is 2.83. The van der Waals surface area contributed by atoms with Gasteiger partial charge in [0.25, 0.3) is 0 Å². The molecule has 0 radical (unpaired) electrons. The van der Waals surface area contributed by atoms with Gasteiger partial charge in [0.05, 0.1) is 0 Å². The third-order valence-corrected chi connectivity index (χ3v) is 2.83. The van der Waals surface area contributed by atoms with Crippen molar-refractivity contribution in [1.29, 1.82) is 0 Å². The van der Waals surface area contributed by atoms with E-state index in [1.807, 2.05) is 0 Å². The fraction of sp³-hybridized carbons (Fsp3) is 0.636. The number of carbonyl (C=O) groups excluding carboxylic acids is 1. The predicted octanol–water partition coefficient (Wildman–Crippen LogP) is 1.31. The molecular formula is C11H17N3O2. The summed E-state index contributed by atoms with van der Waals surface area (Å²) in [6, 6.07) is 1.72. The Hall–Kier alpha value is -1.36. The molecule has 0 aromatic carbocycles. The van der Waals surface area contributed by atoms with Crippen LogP contribution in [0.25, 0.3) is 0 Å². The van der Waals surface area contributed by atoms with Crippen molar-refractivity contribution in [3.63, 3.8) is 0 Å². The number of anilines is 1. The minimum Gasteiger partial charge on any atom is -0.360 e. The number of piperidine rings is 1. The fourth-order valence-corrected chi connectivity index (χ4v) is 1.97. The molecule has 1 saturated heterocycles. The summed E-state index contributed by atoms with van der Waals surface area (Å²) in [4.78, 5) is 11.7. The Bertz CT molecular complexity index is 356. The first kappa shape index (κ1) is 11.1. The molecule has 0 bridgehead atoms. The Labute approximate surface area is 94.6 Å². The van der Waals surface area contributed by atoms with Crippen molar-refractivity contribution in [3.8, 4) is 0 Å². The molecular weight excluding hydrogens is 206 g/mol. The molecule has 1 amide bonds. The minimum atomic E-state index is 0.0280. The molecule has 0 saturated carbocycles. The average molecular weight is 223 g/mol. The van der Waals surface area contributed by atoms with Crippen molar-refractivity contribution in [1.82, 2.24) is 10.5 Å². The van der Waals surface area contributed by atoms with Crippen LogP contribution in [0.15, 0.2) is 10.6 Å². The highest BCUT2D eigenvalue weighted by atomic mass is 16.5. The zero-order chi connectivity index (χ0) is 11.4. The highest BCUT2D eigenvalue weighted by Gasteiger charge is 2.17. The first-order valence-corrected chi connectivity index (χ1v) is 5.68. The van der Waals surface area contributed by atoms with Crippen LogP contribution in [0.5, 0.6) is 0 Å². The molecule has 1 aliphatic rings. The number of nitrogens with one attached hydrogen (secondary N) is 2. The largest absolute Gasteiger partial charge is 0.360 e. The summed E-state index contributed by atoms with van der Waals surface area (Å²) < 4.78 is 4.88. The Kier molecular flexibility index (Phi) is 3.56. The quantitative estimate of drug-likeness (QED) is 0.810. The van der Waals surface area contributed by atoms with Gasteiger partial charge in [-0.2, -0.15) is 0 Å². The van der Waals surface area contributed by atoms with E-state index in [2.05, 4.69) is 15.8 Å². The first-order valence-electron chi connectivity index (χ1n) is 5.68. The van der Waals surface area contributed by atoms with Gasteiger partial charge in [0.1, 0.15) is 5.76 Å². The highest BCUT2D eigenvalue weighted by Crippen LogP contribution is 2.17. The summed E-state index contributed by atoms with van der Waals surface area (Å²) in [5.74, 6) is 1.74. The van der Waals surface area contributed by atoms with Crippen molar-refractivity contribution in [3.05, 3.63) is 11.8 Å². The zero-order valence-corrected chi connectivity index (χ0v) is 9.45. The highest BCUT2D eigenvalue weighted by molar-refractivity contribution is 5.89. The van der Waals surface area contributed by atoms with Gasteiger partial charge in [-0.1, -0.05) is 5.16 Å². The Balaban J connectivity index is 1.79. The topological polar surface area (TPSA) is 67.2 Å². The second-order valence-electron chi connectivity index (χ2n) is 4.27. The molecule has 2 rings (SSSR count). The lowest BCUT2D eigenvalue weighted by molar-refractivity contribution is -0.117. The van der Waals surface area contributed by atoms with Gasteiger partial charge in [-0.25, -0.2) is 0 Å². The van der Waals surface area contributed by atoms with Gasteiger partial charge in [-0.05, 0) is 38.8 Å². The average Bonchev–Trinajstić information content (AvgIpc) is 2.65. The number of amides is 1. The number of rotatable bonds is 3. The minimum absolute atomic E-state index is 0.0280. The summed E-state index contributed by atoms with van der Waals surface area (Å²) in [5.41, 5.74) is 0. The van der Waals surface area contributed by atoms with Gasteiger partial charge in [0.15, 0.2) is 5.82 Å². The van der Waals surface area contributed by atoms with E-state index in [1.165, 1.54) is 0 Å². The smallest absolute Gasteiger partial charge is 0.225 e. The van der Waals surface area contributed by atoms with Gasteiger partial charge in [0, 0.05) is 12.5 Å². The van der Waals surface area contributed by atoms with Crippen LogP contribution in [0.2, 0.25) is 0 Å². The standard InChI is InChI=1S/C11H17N3O2/c1-8-6-10(14-16-8)13-11(15)7-9-2-4-12-5-3-9/h6,9,12H,2-5,7H2,1H3,(H,13,14,15). The molecule has 0 aliphatic carbocycles. The lowest BCUT2D eigenvalue weighted by atomic mass is 9.94. The van der Waals surface area contributed by atoms with Crippen molar-refractivity contribution in [2.45, 2.75) is 26.2 Å². The lowest BCUT2D eigenvalue weighted by Gasteiger charge is -2.21. The van der Waals surface area contributed by atoms with Crippen LogP contribution in [-0.2, 0) is 4.79 Å². The zero-order valence-electron chi connectivity index (χ0n) is 9.45. The van der Waals surface area contributed by atoms with E-state index in [4.69, 9.17) is 4.52 Å². The maximum Gasteiger partial charge on any atom is 0.225 e. The van der Waals surface area contributed by atoms with E-state index in [1.54, 1.807) is 13.0 Å². The van der Waals surface area contributed by atoms with Crippen molar-refractivity contribution in [2.75, 3.05) is 18.4 Å². The van der Waals surface area contributed by atoms with E-state index >= 15 is 0 Å². The van der Waals surface area contributed by atoms with Crippen LogP contribution in [-0.4, -0.2) is 24.2 Å². The number of nitrogens with zero attached hydrogens (tertiary/aromatic N) is 1. The fourth-order valence-electron chi connectivity index (χ4n) is 1.97. The molecule has 1 aliphatic heterocycles. The summed E-state index contributed by atoms with van der Waals surface area (Å²) >= 11 is 0. The molecule has 0 spiro atoms. The van der Waals surface area contributed by atoms with Gasteiger partial charge >= 0.3 is 0 Å². The molecule has 2 heterocycles. The van der Waals surface area contributed by atoms with Crippen LogP contribution in [0, 0.1) is 12.8 Å². The second-order valence-corrected chi connectivity index (χ2v) is 4.27. The molecule has 88 valence electrons. The summed E-state index contributed by atoms with van der Waals surface area (Å²) in [7, 11) is 0. The maximum absolute atomic E-state index is 11.7. The number of hydrogen-bond acceptors (Lipinski definition) is 4. The Morgan fingerprint density at radius 1 is 1.62 bits per heavy atom. The van der Waals surface area contributed by atoms with Gasteiger partial charge in [0.2, 0.25) is 5.91 Å². The van der Waals surface area contributed by atoms with Crippen LogP contribution < -0.4 is 10.6 Å². The SMILES string of the molecule is Cc1cc(NC(=O)CC2CCNCC2)no1. The van der Waals surface area contributed by atoms with Crippen LogP contribution in [0.4, 0.5) is 5.82 Å². The summed E-state index contributed by atoms with van der Waals surface area (Å²) in [6.45, 7) is 3.83. The van der Waals surface area contributed by atoms with E-state index < -0.39 is 0 Å². The Morgan fingerprint density at radius 3 is 3.00 bits per heavy atom. The van der Waals surface area contributed by atoms with Crippen LogP contribution >= 0.6 is 0 Å². The molecule has 5 nitrogen and oxygen atoms in total. The monoisotopic (exact) mass is 223 g/mol. The normalized spacial score (nSPS) is 17.3. The number of carbonyl (C=O) groups is 1. The van der Waals surface area contributed by atoms with Crippen molar-refractivity contribution >= 4 is 11.7 Å². The summed E-state index contributed by atoms with van der Waals surface area (Å²) in [6.07, 6.45) is 2.73. The maximum atomic E-state index is 11.7. The molecule has 0 atom stereocenters. The number of hydrogen-bond donors (Lipinski definition) is 2. The Morgan fingerprint density at radius 2 is 2.38 bits per heavy atom. The van der Waals surface area contributed by atoms with Crippen molar-refractivity contribution in [2.24, 2.45) is 5.92 Å². The molecule has 16 heavy (non-hydrogen) atoms. The molecule has 0 unspecified atom stereocenters. The molecule has 1 aromatic rings.